The number of likely N-dealkylation sites (N-methyl/N-ethyl adjacent to an activating group) is 1. The van der Waals surface area contributed by atoms with E-state index in [0.717, 1.165) is 39.9 Å². The largest absolute Gasteiger partial charge is 0.445 e. The zero-order chi connectivity index (χ0) is 56.9. The molecule has 0 saturated heterocycles. The fourth-order valence-corrected chi connectivity index (χ4v) is 8.12. The lowest BCUT2D eigenvalue weighted by atomic mass is 10.0. The minimum Gasteiger partial charge on any atom is -0.445 e. The van der Waals surface area contributed by atoms with Crippen molar-refractivity contribution in [1.29, 1.82) is 0 Å². The number of carbonyl (C=O) groups excluding carboxylic acids is 8. The molecule has 2 aliphatic rings. The number of aliphatic hydroxyl groups excluding tert-OH is 1. The number of carbonyl (C=O) groups is 8. The van der Waals surface area contributed by atoms with Gasteiger partial charge in [-0.15, -0.1) is 0 Å². The third kappa shape index (κ3) is 21.4. The second-order valence-electron chi connectivity index (χ2n) is 18.6. The van der Waals surface area contributed by atoms with Crippen LogP contribution in [0.4, 0.5) is 25.8 Å². The summed E-state index contributed by atoms with van der Waals surface area (Å²) in [5, 5.41) is 25.1. The van der Waals surface area contributed by atoms with Crippen LogP contribution in [0.15, 0.2) is 66.7 Å². The molecule has 2 atom stereocenters. The Morgan fingerprint density at radius 3 is 2.06 bits per heavy atom. The highest BCUT2D eigenvalue weighted by molar-refractivity contribution is 6.12. The van der Waals surface area contributed by atoms with Gasteiger partial charge in [-0.25, -0.2) is 14.4 Å². The van der Waals surface area contributed by atoms with E-state index in [9.17, 15) is 43.5 Å². The molecular formula is C54H75N9O16. The van der Waals surface area contributed by atoms with Gasteiger partial charge in [0.25, 0.3) is 11.8 Å². The number of rotatable bonds is 36. The number of aliphatic hydroxyl groups is 1. The summed E-state index contributed by atoms with van der Waals surface area (Å²) in [5.74, 6) is -2.27. The van der Waals surface area contributed by atoms with Gasteiger partial charge >= 0.3 is 18.2 Å². The summed E-state index contributed by atoms with van der Waals surface area (Å²) in [7, 11) is 1.54. The Kier molecular flexibility index (Phi) is 26.7. The molecule has 432 valence electrons. The average molecular weight is 1110 g/mol. The summed E-state index contributed by atoms with van der Waals surface area (Å²) >= 11 is 0. The van der Waals surface area contributed by atoms with Crippen molar-refractivity contribution in [2.24, 2.45) is 11.7 Å². The van der Waals surface area contributed by atoms with Crippen LogP contribution in [0.3, 0.4) is 0 Å². The zero-order valence-electron chi connectivity index (χ0n) is 45.1. The molecule has 2 aliphatic heterocycles. The molecule has 0 fully saturated rings. The number of benzene rings is 3. The van der Waals surface area contributed by atoms with Crippen LogP contribution in [0.1, 0.15) is 44.2 Å². The Hall–Kier alpha value is -7.42. The zero-order valence-corrected chi connectivity index (χ0v) is 45.1. The van der Waals surface area contributed by atoms with Crippen molar-refractivity contribution in [2.75, 3.05) is 130 Å². The molecule has 3 aromatic carbocycles. The number of hydrogen-bond donors (Lipinski definition) is 7. The number of primary amides is 1. The van der Waals surface area contributed by atoms with Gasteiger partial charge in [0, 0.05) is 81.2 Å². The molecule has 0 unspecified atom stereocenters. The van der Waals surface area contributed by atoms with Gasteiger partial charge in [0.1, 0.15) is 24.4 Å². The predicted molar refractivity (Wildman–Crippen MR) is 289 cm³/mol. The first-order valence-electron chi connectivity index (χ1n) is 26.3. The van der Waals surface area contributed by atoms with E-state index < -0.39 is 48.0 Å². The van der Waals surface area contributed by atoms with Crippen molar-refractivity contribution in [3.8, 4) is 5.75 Å². The first kappa shape index (κ1) is 62.4. The molecule has 3 aromatic rings. The number of nitrogens with one attached hydrogen (secondary N) is 5. The number of hydrogen-bond acceptors (Lipinski definition) is 17. The first-order chi connectivity index (χ1) is 38.1. The predicted octanol–water partition coefficient (Wildman–Crippen LogP) is 2.28. The Balaban J connectivity index is 1.02. The van der Waals surface area contributed by atoms with Gasteiger partial charge in [-0.2, -0.15) is 0 Å². The maximum atomic E-state index is 13.7. The second kappa shape index (κ2) is 33.8. The fraction of sp³-hybridized carbons (Fsp3) is 0.519. The van der Waals surface area contributed by atoms with Crippen LogP contribution in [-0.2, 0) is 65.4 Å². The van der Waals surface area contributed by atoms with Crippen LogP contribution in [0.25, 0.3) is 10.8 Å². The summed E-state index contributed by atoms with van der Waals surface area (Å²) in [6.07, 6.45) is 2.35. The van der Waals surface area contributed by atoms with Gasteiger partial charge in [-0.05, 0) is 53.8 Å². The molecule has 0 bridgehead atoms. The third-order valence-electron chi connectivity index (χ3n) is 12.4. The second-order valence-corrected chi connectivity index (χ2v) is 18.6. The number of ether oxygens (including phenoxy) is 7. The van der Waals surface area contributed by atoms with Crippen LogP contribution < -0.4 is 37.1 Å². The van der Waals surface area contributed by atoms with Crippen LogP contribution in [0, 0.1) is 5.92 Å². The van der Waals surface area contributed by atoms with E-state index in [1.807, 2.05) is 30.3 Å². The van der Waals surface area contributed by atoms with E-state index in [0.29, 0.717) is 36.8 Å². The quantitative estimate of drug-likeness (QED) is 0.0324. The summed E-state index contributed by atoms with van der Waals surface area (Å²) in [5.41, 5.74) is 8.27. The highest BCUT2D eigenvalue weighted by atomic mass is 16.6. The number of fused-ring (bicyclic) bond motifs is 3. The summed E-state index contributed by atoms with van der Waals surface area (Å²) in [6, 6.07) is 13.2. The first-order valence-corrected chi connectivity index (χ1v) is 26.3. The Morgan fingerprint density at radius 1 is 0.759 bits per heavy atom. The lowest BCUT2D eigenvalue weighted by molar-refractivity contribution is -0.137. The van der Waals surface area contributed by atoms with Crippen molar-refractivity contribution < 1.29 is 76.6 Å². The highest BCUT2D eigenvalue weighted by Gasteiger charge is 2.30. The van der Waals surface area contributed by atoms with Crippen molar-refractivity contribution in [1.82, 2.24) is 30.7 Å². The smallest absolute Gasteiger partial charge is 0.415 e. The fourth-order valence-electron chi connectivity index (χ4n) is 8.12. The number of nitrogens with two attached hydrogens (primary N) is 1. The maximum Gasteiger partial charge on any atom is 0.415 e. The van der Waals surface area contributed by atoms with E-state index in [1.165, 1.54) is 29.0 Å². The number of anilines is 2. The lowest BCUT2D eigenvalue weighted by Crippen LogP contribution is -2.54. The van der Waals surface area contributed by atoms with Crippen LogP contribution >= 0.6 is 0 Å². The molecule has 0 saturated carbocycles. The van der Waals surface area contributed by atoms with Crippen LogP contribution in [0.2, 0.25) is 0 Å². The molecule has 79 heavy (non-hydrogen) atoms. The van der Waals surface area contributed by atoms with Crippen molar-refractivity contribution in [3.63, 3.8) is 0 Å². The molecule has 25 heteroatoms. The van der Waals surface area contributed by atoms with E-state index >= 15 is 0 Å². The molecule has 0 radical (unpaired) electrons. The normalized spacial score (nSPS) is 13.4. The van der Waals surface area contributed by atoms with Gasteiger partial charge < -0.3 is 80.4 Å². The Bertz CT molecular complexity index is 2510. The van der Waals surface area contributed by atoms with Gasteiger partial charge in [0.2, 0.25) is 17.7 Å². The third-order valence-corrected chi connectivity index (χ3v) is 12.4. The number of amides is 9. The SMILES string of the molecule is CC(C)[C@H](NC(=O)CCOCCOCCOCCOCCN1C(=O)C=CC1=O)C(=O)N[C@@H](CCCNC(N)=O)C(=O)Nc1ccc(COC(=O)N(C)CCN(CCOCCO)C(=O)Oc2cc3c(c4ccccc24)CCN3)cc1. The molecule has 0 aliphatic carbocycles. The van der Waals surface area contributed by atoms with E-state index in [-0.39, 0.29) is 129 Å². The maximum absolute atomic E-state index is 13.7. The lowest BCUT2D eigenvalue weighted by Gasteiger charge is -2.25. The van der Waals surface area contributed by atoms with Crippen molar-refractivity contribution >= 4 is 69.9 Å². The molecular weight excluding hydrogens is 1030 g/mol. The van der Waals surface area contributed by atoms with E-state index in [2.05, 4.69) is 26.6 Å². The van der Waals surface area contributed by atoms with E-state index in [1.54, 1.807) is 38.1 Å². The van der Waals surface area contributed by atoms with Gasteiger partial charge in [0.05, 0.1) is 79.2 Å². The monoisotopic (exact) mass is 1110 g/mol. The number of imide groups is 1. The summed E-state index contributed by atoms with van der Waals surface area (Å²) in [6.45, 7) is 6.76. The van der Waals surface area contributed by atoms with Crippen molar-refractivity contribution in [2.45, 2.75) is 58.2 Å². The Morgan fingerprint density at radius 2 is 1.41 bits per heavy atom. The summed E-state index contributed by atoms with van der Waals surface area (Å²) in [4.78, 5) is 105. The molecule has 25 nitrogen and oxygen atoms in total. The molecule has 2 heterocycles. The summed E-state index contributed by atoms with van der Waals surface area (Å²) < 4.78 is 38.8. The minimum atomic E-state index is -1.08. The van der Waals surface area contributed by atoms with Gasteiger partial charge in [-0.1, -0.05) is 50.2 Å². The minimum absolute atomic E-state index is 0.0434. The van der Waals surface area contributed by atoms with E-state index in [4.69, 9.17) is 38.9 Å². The standard InChI is InChI=1S/C54H75N9O16/c1-37(2)49(60-46(65)17-25-73-29-31-76-33-34-77-32-30-75-27-23-63-47(66)14-15-48(63)67)51(69)59-43(9-6-18-57-52(55)70)50(68)58-39-12-10-38(11-13-39)36-78-53(71)61(3)20-21-62(22-26-74-28-24-64)54(72)79-45-35-44-41(16-19-56-44)40-7-4-5-8-42(40)45/h4-5,7-8,10-15,35,37,43,49,56,64H,6,9,16-34,36H2,1-3H3,(H,58,68)(H,59,69)(H,60,65)(H3,55,57,70)/t43-,49-/m0/s1. The van der Waals surface area contributed by atoms with Crippen LogP contribution in [0.5, 0.6) is 5.75 Å². The topological polar surface area (TPSA) is 317 Å². The molecule has 5 rings (SSSR count). The number of nitrogens with zero attached hydrogens (tertiary/aromatic N) is 3. The van der Waals surface area contributed by atoms with Gasteiger partial charge in [0.15, 0.2) is 0 Å². The van der Waals surface area contributed by atoms with Gasteiger partial charge in [-0.3, -0.25) is 28.9 Å². The van der Waals surface area contributed by atoms with Crippen LogP contribution in [-0.4, -0.2) is 199 Å². The molecule has 0 aromatic heterocycles. The molecule has 0 spiro atoms. The highest BCUT2D eigenvalue weighted by Crippen LogP contribution is 2.37. The molecule has 9 amide bonds. The number of urea groups is 1. The average Bonchev–Trinajstić information content (AvgIpc) is 4.08. The van der Waals surface area contributed by atoms with Crippen molar-refractivity contribution in [3.05, 3.63) is 77.9 Å². The Labute approximate surface area is 459 Å². The molecule has 8 N–H and O–H groups in total.